The van der Waals surface area contributed by atoms with Crippen molar-refractivity contribution >= 4 is 23.0 Å². The molecule has 0 spiro atoms. The Balaban J connectivity index is 1.92. The molecule has 10 heteroatoms. The Labute approximate surface area is 177 Å². The predicted molar refractivity (Wildman–Crippen MR) is 115 cm³/mol. The van der Waals surface area contributed by atoms with Gasteiger partial charge >= 0.3 is 0 Å². The maximum atomic E-state index is 14.2. The van der Waals surface area contributed by atoms with E-state index in [0.717, 1.165) is 0 Å². The van der Waals surface area contributed by atoms with Crippen LogP contribution in [-0.4, -0.2) is 36.6 Å². The fraction of sp³-hybridized carbons (Fsp3) is 0.238. The molecule has 0 bridgehead atoms. The third kappa shape index (κ3) is 3.97. The van der Waals surface area contributed by atoms with Crippen LogP contribution in [0.25, 0.3) is 17.0 Å². The second kappa shape index (κ2) is 7.47. The van der Waals surface area contributed by atoms with Crippen LogP contribution in [0.2, 0.25) is 0 Å². The van der Waals surface area contributed by atoms with Gasteiger partial charge in [-0.05, 0) is 32.4 Å². The van der Waals surface area contributed by atoms with Gasteiger partial charge in [0.25, 0.3) is 0 Å². The maximum Gasteiger partial charge on any atom is 0.250 e. The van der Waals surface area contributed by atoms with Crippen molar-refractivity contribution in [1.82, 2.24) is 24.3 Å². The number of rotatable bonds is 5. The Hall–Kier alpha value is -3.79. The zero-order valence-corrected chi connectivity index (χ0v) is 17.5. The summed E-state index contributed by atoms with van der Waals surface area (Å²) in [6, 6.07) is 6.48. The van der Waals surface area contributed by atoms with Crippen LogP contribution in [0.5, 0.6) is 5.88 Å². The number of methoxy groups -OCH3 is 1. The van der Waals surface area contributed by atoms with Gasteiger partial charge in [0, 0.05) is 18.3 Å². The number of nitrogens with two attached hydrogens (primary N) is 1. The molecule has 9 nitrogen and oxygen atoms in total. The van der Waals surface area contributed by atoms with Gasteiger partial charge in [-0.25, -0.2) is 24.3 Å². The van der Waals surface area contributed by atoms with E-state index in [9.17, 15) is 9.50 Å². The number of aromatic nitrogens is 5. The highest BCUT2D eigenvalue weighted by Crippen LogP contribution is 2.33. The number of nitrogen functional groups attached to an aromatic ring is 1. The van der Waals surface area contributed by atoms with Gasteiger partial charge in [0.15, 0.2) is 11.6 Å². The van der Waals surface area contributed by atoms with Crippen LogP contribution >= 0.6 is 0 Å². The number of nitrogens with zero attached hydrogens (tertiary/aromatic N) is 5. The number of aliphatic hydroxyl groups is 1. The molecular formula is C21H22FN7O2. The van der Waals surface area contributed by atoms with Gasteiger partial charge in [-0.15, -0.1) is 0 Å². The first-order valence-corrected chi connectivity index (χ1v) is 9.49. The van der Waals surface area contributed by atoms with Crippen LogP contribution in [-0.2, 0) is 5.60 Å². The van der Waals surface area contributed by atoms with E-state index in [0.29, 0.717) is 45.7 Å². The maximum absolute atomic E-state index is 14.2. The number of nitrogens with one attached hydrogen (secondary N) is 1. The number of ether oxygens (including phenoxy) is 1. The van der Waals surface area contributed by atoms with Gasteiger partial charge in [-0.3, -0.25) is 4.40 Å². The van der Waals surface area contributed by atoms with E-state index in [1.165, 1.54) is 19.4 Å². The zero-order chi connectivity index (χ0) is 22.3. The summed E-state index contributed by atoms with van der Waals surface area (Å²) in [7, 11) is 1.35. The number of hydrogen-bond donors (Lipinski definition) is 3. The van der Waals surface area contributed by atoms with E-state index in [1.807, 2.05) is 0 Å². The number of halogens is 1. The molecule has 0 radical (unpaired) electrons. The summed E-state index contributed by atoms with van der Waals surface area (Å²) < 4.78 is 20.8. The molecule has 31 heavy (non-hydrogen) atoms. The molecule has 4 N–H and O–H groups in total. The summed E-state index contributed by atoms with van der Waals surface area (Å²) in [6.45, 7) is 5.13. The average Bonchev–Trinajstić information content (AvgIpc) is 3.03. The zero-order valence-electron chi connectivity index (χ0n) is 17.5. The van der Waals surface area contributed by atoms with Crippen LogP contribution in [0.15, 0.2) is 36.7 Å². The minimum Gasteiger partial charge on any atom is -0.479 e. The highest BCUT2D eigenvalue weighted by atomic mass is 19.1. The van der Waals surface area contributed by atoms with Crippen molar-refractivity contribution in [1.29, 1.82) is 0 Å². The lowest BCUT2D eigenvalue weighted by atomic mass is 10.0. The lowest BCUT2D eigenvalue weighted by molar-refractivity contribution is 0.0781. The Kier molecular flexibility index (Phi) is 4.94. The van der Waals surface area contributed by atoms with Crippen LogP contribution in [0, 0.1) is 12.7 Å². The molecule has 0 unspecified atom stereocenters. The van der Waals surface area contributed by atoms with Crippen molar-refractivity contribution in [2.24, 2.45) is 0 Å². The first-order valence-electron chi connectivity index (χ1n) is 9.49. The van der Waals surface area contributed by atoms with Gasteiger partial charge in [-0.1, -0.05) is 6.07 Å². The molecule has 0 atom stereocenters. The summed E-state index contributed by atoms with van der Waals surface area (Å²) in [6.07, 6.45) is 3.22. The Bertz CT molecular complexity index is 1260. The molecule has 0 aliphatic carbocycles. The first kappa shape index (κ1) is 20.5. The molecule has 4 aromatic heterocycles. The smallest absolute Gasteiger partial charge is 0.250 e. The predicted octanol–water partition coefficient (Wildman–Crippen LogP) is 3.20. The Morgan fingerprint density at radius 3 is 2.61 bits per heavy atom. The van der Waals surface area contributed by atoms with E-state index < -0.39 is 11.4 Å². The molecule has 0 fully saturated rings. The number of fused-ring (bicyclic) bond motifs is 1. The molecule has 0 aliphatic heterocycles. The Morgan fingerprint density at radius 1 is 1.19 bits per heavy atom. The molecule has 4 aromatic rings. The van der Waals surface area contributed by atoms with Crippen molar-refractivity contribution in [3.8, 4) is 17.3 Å². The molecule has 4 rings (SSSR count). The minimum absolute atomic E-state index is 0.102. The van der Waals surface area contributed by atoms with E-state index in [2.05, 4.69) is 25.3 Å². The normalized spacial score (nSPS) is 11.7. The van der Waals surface area contributed by atoms with Crippen molar-refractivity contribution in [3.05, 3.63) is 53.9 Å². The molecule has 0 saturated carbocycles. The molecule has 0 amide bonds. The van der Waals surface area contributed by atoms with Crippen molar-refractivity contribution < 1.29 is 14.2 Å². The summed E-state index contributed by atoms with van der Waals surface area (Å²) in [5.74, 6) is 0.502. The van der Waals surface area contributed by atoms with Crippen molar-refractivity contribution in [2.45, 2.75) is 26.4 Å². The number of anilines is 3. The number of pyridine rings is 2. The summed E-state index contributed by atoms with van der Waals surface area (Å²) in [5, 5.41) is 13.6. The van der Waals surface area contributed by atoms with Crippen molar-refractivity contribution in [2.75, 3.05) is 18.2 Å². The van der Waals surface area contributed by atoms with Gasteiger partial charge in [-0.2, -0.15) is 0 Å². The van der Waals surface area contributed by atoms with E-state index in [-0.39, 0.29) is 5.88 Å². The molecular weight excluding hydrogens is 401 g/mol. The molecule has 160 valence electrons. The largest absolute Gasteiger partial charge is 0.479 e. The molecule has 0 aliphatic rings. The third-order valence-corrected chi connectivity index (χ3v) is 4.69. The fourth-order valence-corrected chi connectivity index (χ4v) is 3.23. The van der Waals surface area contributed by atoms with Gasteiger partial charge in [0.2, 0.25) is 5.88 Å². The molecule has 0 saturated heterocycles. The van der Waals surface area contributed by atoms with Gasteiger partial charge in [0.05, 0.1) is 30.3 Å². The van der Waals surface area contributed by atoms with E-state index in [4.69, 9.17) is 10.5 Å². The summed E-state index contributed by atoms with van der Waals surface area (Å²) >= 11 is 0. The number of imidazole rings is 1. The summed E-state index contributed by atoms with van der Waals surface area (Å²) in [5.41, 5.74) is 7.65. The van der Waals surface area contributed by atoms with Gasteiger partial charge < -0.3 is 20.9 Å². The Morgan fingerprint density at radius 2 is 1.97 bits per heavy atom. The van der Waals surface area contributed by atoms with Crippen LogP contribution < -0.4 is 15.8 Å². The minimum atomic E-state index is -1.06. The van der Waals surface area contributed by atoms with Crippen LogP contribution in [0.3, 0.4) is 0 Å². The SMILES string of the molecule is COc1ncc(Nc2nc3ccc(C(C)(C)O)cn3c2-c2cc(N)nc(C)n2)cc1F. The lowest BCUT2D eigenvalue weighted by Gasteiger charge is -2.18. The highest BCUT2D eigenvalue weighted by molar-refractivity contribution is 5.78. The number of hydrogen-bond acceptors (Lipinski definition) is 8. The summed E-state index contributed by atoms with van der Waals surface area (Å²) in [4.78, 5) is 17.2. The second-order valence-corrected chi connectivity index (χ2v) is 7.58. The topological polar surface area (TPSA) is 123 Å². The van der Waals surface area contributed by atoms with Gasteiger partial charge in [0.1, 0.15) is 23.0 Å². The lowest BCUT2D eigenvalue weighted by Crippen LogP contribution is -2.16. The van der Waals surface area contributed by atoms with Crippen LogP contribution in [0.1, 0.15) is 25.2 Å². The second-order valence-electron chi connectivity index (χ2n) is 7.58. The average molecular weight is 423 g/mol. The van der Waals surface area contributed by atoms with Crippen LogP contribution in [0.4, 0.5) is 21.7 Å². The standard InChI is InChI=1S/C21H22FN7O2/c1-11-25-15(8-16(23)26-11)18-19(27-13-7-14(22)20(31-4)24-9-13)28-17-6-5-12(10-29(17)18)21(2,3)30/h5-10,27,30H,1-4H3,(H2,23,25,26). The molecule has 4 heterocycles. The highest BCUT2D eigenvalue weighted by Gasteiger charge is 2.21. The third-order valence-electron chi connectivity index (χ3n) is 4.69. The molecule has 0 aromatic carbocycles. The quantitative estimate of drug-likeness (QED) is 0.447. The van der Waals surface area contributed by atoms with Crippen molar-refractivity contribution in [3.63, 3.8) is 0 Å². The van der Waals surface area contributed by atoms with E-state index in [1.54, 1.807) is 49.6 Å². The first-order chi connectivity index (χ1) is 14.7. The monoisotopic (exact) mass is 423 g/mol. The fourth-order valence-electron chi connectivity index (χ4n) is 3.23. The number of aryl methyl sites for hydroxylation is 1. The van der Waals surface area contributed by atoms with E-state index >= 15 is 0 Å².